The molecular weight excluding hydrogens is 244 g/mol. The lowest BCUT2D eigenvalue weighted by Crippen LogP contribution is -2.03. The van der Waals surface area contributed by atoms with Crippen molar-refractivity contribution in [2.24, 2.45) is 0 Å². The van der Waals surface area contributed by atoms with Crippen molar-refractivity contribution in [2.45, 2.75) is 51.4 Å². The largest absolute Gasteiger partial charge is 0.382 e. The average Bonchev–Trinajstić information content (AvgIpc) is 2.43. The van der Waals surface area contributed by atoms with E-state index in [4.69, 9.17) is 14.2 Å². The highest BCUT2D eigenvalue weighted by molar-refractivity contribution is 5.48. The number of hydrogen-bond acceptors (Lipinski definition) is 4. The molecular formula is C15H30O4. The standard InChI is InChI=1S/C15H30O4/c1-17-14-15-19-13-9-5-8-12-18-11-7-4-2-3-6-10-16/h10H,2-9,11-15H2,1H3. The number of rotatable bonds is 16. The third kappa shape index (κ3) is 17.6. The molecule has 0 aliphatic rings. The van der Waals surface area contributed by atoms with Gasteiger partial charge in [-0.25, -0.2) is 0 Å². The Bertz CT molecular complexity index is 174. The summed E-state index contributed by atoms with van der Waals surface area (Å²) in [4.78, 5) is 10.1. The van der Waals surface area contributed by atoms with Gasteiger partial charge in [0.1, 0.15) is 6.29 Å². The highest BCUT2D eigenvalue weighted by Crippen LogP contribution is 2.02. The van der Waals surface area contributed by atoms with Crippen molar-refractivity contribution in [3.8, 4) is 0 Å². The van der Waals surface area contributed by atoms with Gasteiger partial charge in [0.2, 0.25) is 0 Å². The topological polar surface area (TPSA) is 44.8 Å². The van der Waals surface area contributed by atoms with Crippen LogP contribution in [0.5, 0.6) is 0 Å². The summed E-state index contributed by atoms with van der Waals surface area (Å²) in [5, 5.41) is 0. The minimum Gasteiger partial charge on any atom is -0.382 e. The smallest absolute Gasteiger partial charge is 0.119 e. The highest BCUT2D eigenvalue weighted by Gasteiger charge is 1.93. The fourth-order valence-corrected chi connectivity index (χ4v) is 1.72. The second-order valence-corrected chi connectivity index (χ2v) is 4.65. The van der Waals surface area contributed by atoms with E-state index in [2.05, 4.69) is 0 Å². The van der Waals surface area contributed by atoms with Gasteiger partial charge in [0.05, 0.1) is 13.2 Å². The minimum atomic E-state index is 0.677. The molecule has 0 radical (unpaired) electrons. The Morgan fingerprint density at radius 3 is 1.79 bits per heavy atom. The van der Waals surface area contributed by atoms with Crippen LogP contribution in [0.3, 0.4) is 0 Å². The van der Waals surface area contributed by atoms with E-state index in [-0.39, 0.29) is 0 Å². The lowest BCUT2D eigenvalue weighted by Gasteiger charge is -2.05. The molecule has 0 N–H and O–H groups in total. The van der Waals surface area contributed by atoms with E-state index in [1.54, 1.807) is 7.11 Å². The Morgan fingerprint density at radius 2 is 1.21 bits per heavy atom. The summed E-state index contributed by atoms with van der Waals surface area (Å²) in [6.45, 7) is 3.89. The number of methoxy groups -OCH3 is 1. The summed E-state index contributed by atoms with van der Waals surface area (Å²) < 4.78 is 15.8. The zero-order valence-electron chi connectivity index (χ0n) is 12.4. The molecule has 4 heteroatoms. The van der Waals surface area contributed by atoms with Crippen molar-refractivity contribution < 1.29 is 19.0 Å². The zero-order chi connectivity index (χ0) is 14.0. The zero-order valence-corrected chi connectivity index (χ0v) is 12.4. The Kier molecular flexibility index (Phi) is 17.1. The van der Waals surface area contributed by atoms with Crippen LogP contribution in [0.1, 0.15) is 51.4 Å². The molecule has 0 amide bonds. The maximum Gasteiger partial charge on any atom is 0.119 e. The SMILES string of the molecule is COCCOCCCCCOCCCCCCC=O. The molecule has 0 rings (SSSR count). The lowest BCUT2D eigenvalue weighted by molar-refractivity contribution is -0.107. The molecule has 0 atom stereocenters. The van der Waals surface area contributed by atoms with Crippen molar-refractivity contribution in [1.82, 2.24) is 0 Å². The van der Waals surface area contributed by atoms with Crippen LogP contribution in [-0.4, -0.2) is 46.4 Å². The summed E-state index contributed by atoms with van der Waals surface area (Å²) in [6, 6.07) is 0. The van der Waals surface area contributed by atoms with E-state index in [1.165, 1.54) is 6.42 Å². The second-order valence-electron chi connectivity index (χ2n) is 4.65. The monoisotopic (exact) mass is 274 g/mol. The molecule has 0 bridgehead atoms. The molecule has 19 heavy (non-hydrogen) atoms. The van der Waals surface area contributed by atoms with Crippen LogP contribution < -0.4 is 0 Å². The first-order valence-corrected chi connectivity index (χ1v) is 7.50. The van der Waals surface area contributed by atoms with Crippen molar-refractivity contribution in [3.05, 3.63) is 0 Å². The maximum atomic E-state index is 10.1. The molecule has 4 nitrogen and oxygen atoms in total. The predicted octanol–water partition coefficient (Wildman–Crippen LogP) is 2.99. The Hall–Kier alpha value is -0.450. The number of hydrogen-bond donors (Lipinski definition) is 0. The Morgan fingerprint density at radius 1 is 0.684 bits per heavy atom. The molecule has 114 valence electrons. The predicted molar refractivity (Wildman–Crippen MR) is 76.5 cm³/mol. The van der Waals surface area contributed by atoms with E-state index in [9.17, 15) is 4.79 Å². The maximum absolute atomic E-state index is 10.1. The first kappa shape index (κ1) is 18.6. The first-order chi connectivity index (χ1) is 9.41. The molecule has 0 aromatic heterocycles. The van der Waals surface area contributed by atoms with Gasteiger partial charge in [0.15, 0.2) is 0 Å². The normalized spacial score (nSPS) is 10.8. The summed E-state index contributed by atoms with van der Waals surface area (Å²) >= 11 is 0. The van der Waals surface area contributed by atoms with Crippen LogP contribution in [-0.2, 0) is 19.0 Å². The minimum absolute atomic E-state index is 0.677. The van der Waals surface area contributed by atoms with Crippen molar-refractivity contribution in [1.29, 1.82) is 0 Å². The van der Waals surface area contributed by atoms with E-state index in [0.717, 1.165) is 64.6 Å². The third-order valence-corrected chi connectivity index (χ3v) is 2.87. The van der Waals surface area contributed by atoms with Gasteiger partial charge < -0.3 is 19.0 Å². The van der Waals surface area contributed by atoms with Gasteiger partial charge in [-0.05, 0) is 32.1 Å². The molecule has 0 aromatic carbocycles. The highest BCUT2D eigenvalue weighted by atomic mass is 16.5. The Labute approximate surface area is 117 Å². The lowest BCUT2D eigenvalue weighted by atomic mass is 10.2. The number of ether oxygens (including phenoxy) is 3. The molecule has 0 fully saturated rings. The fourth-order valence-electron chi connectivity index (χ4n) is 1.72. The van der Waals surface area contributed by atoms with E-state index in [1.807, 2.05) is 0 Å². The summed E-state index contributed by atoms with van der Waals surface area (Å²) in [5.74, 6) is 0. The van der Waals surface area contributed by atoms with Crippen LogP contribution in [0, 0.1) is 0 Å². The van der Waals surface area contributed by atoms with Gasteiger partial charge in [-0.2, -0.15) is 0 Å². The summed E-state index contributed by atoms with van der Waals surface area (Å²) in [7, 11) is 1.68. The summed E-state index contributed by atoms with van der Waals surface area (Å²) in [6.07, 6.45) is 9.50. The number of unbranched alkanes of at least 4 members (excludes halogenated alkanes) is 6. The Balaban J connectivity index is 2.89. The molecule has 0 saturated carbocycles. The molecule has 0 spiro atoms. The summed E-state index contributed by atoms with van der Waals surface area (Å²) in [5.41, 5.74) is 0. The van der Waals surface area contributed by atoms with E-state index < -0.39 is 0 Å². The van der Waals surface area contributed by atoms with Gasteiger partial charge >= 0.3 is 0 Å². The van der Waals surface area contributed by atoms with E-state index in [0.29, 0.717) is 19.6 Å². The van der Waals surface area contributed by atoms with Crippen LogP contribution >= 0.6 is 0 Å². The van der Waals surface area contributed by atoms with Crippen LogP contribution in [0.4, 0.5) is 0 Å². The van der Waals surface area contributed by atoms with Gasteiger partial charge in [-0.1, -0.05) is 12.8 Å². The van der Waals surface area contributed by atoms with E-state index >= 15 is 0 Å². The van der Waals surface area contributed by atoms with Gasteiger partial charge in [-0.15, -0.1) is 0 Å². The van der Waals surface area contributed by atoms with Gasteiger partial charge in [-0.3, -0.25) is 0 Å². The number of carbonyl (C=O) groups is 1. The van der Waals surface area contributed by atoms with Crippen molar-refractivity contribution in [3.63, 3.8) is 0 Å². The molecule has 0 aromatic rings. The molecule has 0 aliphatic heterocycles. The molecule has 0 heterocycles. The van der Waals surface area contributed by atoms with Crippen LogP contribution in [0.25, 0.3) is 0 Å². The molecule has 0 saturated heterocycles. The molecule has 0 aliphatic carbocycles. The molecule has 0 unspecified atom stereocenters. The van der Waals surface area contributed by atoms with Crippen LogP contribution in [0.15, 0.2) is 0 Å². The third-order valence-electron chi connectivity index (χ3n) is 2.87. The fraction of sp³-hybridized carbons (Fsp3) is 0.933. The number of aldehydes is 1. The van der Waals surface area contributed by atoms with Gasteiger partial charge in [0, 0.05) is 33.4 Å². The average molecular weight is 274 g/mol. The first-order valence-electron chi connectivity index (χ1n) is 7.50. The van der Waals surface area contributed by atoms with Crippen molar-refractivity contribution >= 4 is 6.29 Å². The second kappa shape index (κ2) is 17.6. The van der Waals surface area contributed by atoms with Crippen LogP contribution in [0.2, 0.25) is 0 Å². The van der Waals surface area contributed by atoms with Gasteiger partial charge in [0.25, 0.3) is 0 Å². The quantitative estimate of drug-likeness (QED) is 0.320. The number of carbonyl (C=O) groups excluding carboxylic acids is 1. The van der Waals surface area contributed by atoms with Crippen molar-refractivity contribution in [2.75, 3.05) is 40.1 Å².